The van der Waals surface area contributed by atoms with Gasteiger partial charge in [0.1, 0.15) is 5.75 Å². The molecule has 0 unspecified atom stereocenters. The van der Waals surface area contributed by atoms with Crippen molar-refractivity contribution in [2.75, 3.05) is 13.7 Å². The van der Waals surface area contributed by atoms with E-state index in [9.17, 15) is 19.6 Å². The number of hydrogen-bond donors (Lipinski definition) is 2. The summed E-state index contributed by atoms with van der Waals surface area (Å²) in [5, 5.41) is 15.9. The van der Waals surface area contributed by atoms with Crippen LogP contribution < -0.4 is 15.4 Å². The lowest BCUT2D eigenvalue weighted by atomic mass is 9.64. The molecule has 2 saturated carbocycles. The lowest BCUT2D eigenvalue weighted by Crippen LogP contribution is -2.45. The molecule has 4 aliphatic rings. The number of benzene rings is 1. The third-order valence-corrected chi connectivity index (χ3v) is 8.13. The quantitative estimate of drug-likeness (QED) is 0.619. The van der Waals surface area contributed by atoms with Crippen LogP contribution in [-0.2, 0) is 20.8 Å². The molecule has 178 valence electrons. The van der Waals surface area contributed by atoms with Crippen LogP contribution >= 0.6 is 0 Å². The van der Waals surface area contributed by atoms with E-state index in [1.165, 1.54) is 0 Å². The Kier molecular flexibility index (Phi) is 5.93. The predicted molar refractivity (Wildman–Crippen MR) is 125 cm³/mol. The molecule has 2 N–H and O–H groups in total. The maximum absolute atomic E-state index is 13.5. The summed E-state index contributed by atoms with van der Waals surface area (Å²) >= 11 is 0. The Labute approximate surface area is 199 Å². The maximum atomic E-state index is 13.5. The minimum Gasteiger partial charge on any atom is -0.496 e. The first-order chi connectivity index (χ1) is 16.4. The molecule has 2 amide bonds. The molecule has 34 heavy (non-hydrogen) atoms. The van der Waals surface area contributed by atoms with Gasteiger partial charge in [-0.3, -0.25) is 14.4 Å². The highest BCUT2D eigenvalue weighted by atomic mass is 16.5. The second kappa shape index (κ2) is 8.90. The summed E-state index contributed by atoms with van der Waals surface area (Å²) < 4.78 is 5.42. The van der Waals surface area contributed by atoms with Gasteiger partial charge in [0.15, 0.2) is 5.78 Å². The van der Waals surface area contributed by atoms with Crippen molar-refractivity contribution in [3.8, 4) is 11.8 Å². The minimum atomic E-state index is -0.831. The SMILES string of the molecule is COc1cccc2c1C=C(C(=O)N[C@@H](CC1CC1)C(=O)C[C@@]1(C#N)CC[C@H]3CNC(=O)[C@@H]3C1)C2. The molecule has 0 bridgehead atoms. The first-order valence-electron chi connectivity index (χ1n) is 12.3. The number of nitriles is 1. The average molecular weight is 462 g/mol. The molecule has 5 rings (SSSR count). The van der Waals surface area contributed by atoms with E-state index in [0.29, 0.717) is 43.7 Å². The van der Waals surface area contributed by atoms with Crippen molar-refractivity contribution >= 4 is 23.7 Å². The molecule has 1 aromatic rings. The van der Waals surface area contributed by atoms with E-state index < -0.39 is 11.5 Å². The monoisotopic (exact) mass is 461 g/mol. The number of nitrogens with one attached hydrogen (secondary N) is 2. The summed E-state index contributed by atoms with van der Waals surface area (Å²) in [6, 6.07) is 7.56. The molecule has 0 spiro atoms. The number of Topliss-reactive ketones (excluding diaryl/α,β-unsaturated/α-hetero) is 1. The highest BCUT2D eigenvalue weighted by Crippen LogP contribution is 2.46. The molecular weight excluding hydrogens is 430 g/mol. The summed E-state index contributed by atoms with van der Waals surface area (Å²) in [5.74, 6) is 0.929. The van der Waals surface area contributed by atoms with Gasteiger partial charge in [-0.1, -0.05) is 25.0 Å². The lowest BCUT2D eigenvalue weighted by molar-refractivity contribution is -0.129. The standard InChI is InChI=1S/C27H31N3O4/c1-34-24-4-2-3-17-10-19(11-20(17)24)25(32)30-22(9-16-5-6-16)23(31)13-27(15-28)8-7-18-14-29-26(33)21(18)12-27/h2-4,11,16,18,21-22H,5-10,12-14H2,1H3,(H,29,33)(H,30,32)/t18-,21+,22-,27+/m0/s1. The van der Waals surface area contributed by atoms with Crippen LogP contribution in [0.25, 0.3) is 6.08 Å². The van der Waals surface area contributed by atoms with Gasteiger partial charge in [0.05, 0.1) is 24.6 Å². The highest BCUT2D eigenvalue weighted by molar-refractivity contribution is 6.03. The lowest BCUT2D eigenvalue weighted by Gasteiger charge is -2.36. The van der Waals surface area contributed by atoms with Gasteiger partial charge < -0.3 is 15.4 Å². The number of ether oxygens (including phenoxy) is 1. The van der Waals surface area contributed by atoms with Crippen molar-refractivity contribution in [2.24, 2.45) is 23.2 Å². The topological polar surface area (TPSA) is 108 Å². The van der Waals surface area contributed by atoms with Crippen LogP contribution in [0.4, 0.5) is 0 Å². The summed E-state index contributed by atoms with van der Waals surface area (Å²) in [4.78, 5) is 38.9. The molecule has 0 aromatic heterocycles. The van der Waals surface area contributed by atoms with Gasteiger partial charge in [-0.15, -0.1) is 0 Å². The van der Waals surface area contributed by atoms with Crippen molar-refractivity contribution < 1.29 is 19.1 Å². The normalized spacial score (nSPS) is 28.1. The molecule has 0 radical (unpaired) electrons. The molecule has 1 aromatic carbocycles. The van der Waals surface area contributed by atoms with E-state index in [0.717, 1.165) is 36.1 Å². The van der Waals surface area contributed by atoms with E-state index in [-0.39, 0.29) is 35.9 Å². The molecule has 4 atom stereocenters. The number of amides is 2. The predicted octanol–water partition coefficient (Wildman–Crippen LogP) is 2.93. The average Bonchev–Trinajstić information content (AvgIpc) is 3.43. The Bertz CT molecular complexity index is 1100. The Morgan fingerprint density at radius 1 is 1.32 bits per heavy atom. The van der Waals surface area contributed by atoms with Crippen molar-refractivity contribution in [1.29, 1.82) is 5.26 Å². The first kappa shape index (κ1) is 22.6. The molecule has 1 aliphatic heterocycles. The highest BCUT2D eigenvalue weighted by Gasteiger charge is 2.48. The van der Waals surface area contributed by atoms with Gasteiger partial charge in [0.2, 0.25) is 11.8 Å². The maximum Gasteiger partial charge on any atom is 0.248 e. The fraction of sp³-hybridized carbons (Fsp3) is 0.556. The first-order valence-corrected chi connectivity index (χ1v) is 12.3. The molecule has 7 heteroatoms. The Morgan fingerprint density at radius 3 is 2.88 bits per heavy atom. The number of fused-ring (bicyclic) bond motifs is 2. The van der Waals surface area contributed by atoms with Crippen LogP contribution in [0.3, 0.4) is 0 Å². The van der Waals surface area contributed by atoms with E-state index in [1.807, 2.05) is 24.3 Å². The van der Waals surface area contributed by atoms with Crippen LogP contribution in [0.15, 0.2) is 23.8 Å². The molecule has 3 aliphatic carbocycles. The van der Waals surface area contributed by atoms with Gasteiger partial charge in [0, 0.05) is 36.4 Å². The fourth-order valence-corrected chi connectivity index (χ4v) is 5.90. The van der Waals surface area contributed by atoms with E-state index >= 15 is 0 Å². The second-order valence-electron chi connectivity index (χ2n) is 10.5. The van der Waals surface area contributed by atoms with E-state index in [1.54, 1.807) is 7.11 Å². The Morgan fingerprint density at radius 2 is 2.15 bits per heavy atom. The number of hydrogen-bond acceptors (Lipinski definition) is 5. The number of carbonyl (C=O) groups excluding carboxylic acids is 3. The molecular formula is C27H31N3O4. The van der Waals surface area contributed by atoms with Gasteiger partial charge >= 0.3 is 0 Å². The summed E-state index contributed by atoms with van der Waals surface area (Å²) in [6.45, 7) is 0.668. The van der Waals surface area contributed by atoms with Crippen molar-refractivity contribution in [3.05, 3.63) is 34.9 Å². The van der Waals surface area contributed by atoms with Crippen molar-refractivity contribution in [1.82, 2.24) is 10.6 Å². The number of ketones is 1. The number of nitrogens with zero attached hydrogens (tertiary/aromatic N) is 1. The number of rotatable bonds is 8. The zero-order valence-electron chi connectivity index (χ0n) is 19.6. The Hall–Kier alpha value is -3.14. The largest absolute Gasteiger partial charge is 0.496 e. The van der Waals surface area contributed by atoms with Crippen LogP contribution in [0, 0.1) is 34.5 Å². The van der Waals surface area contributed by atoms with Crippen LogP contribution in [0.5, 0.6) is 5.75 Å². The summed E-state index contributed by atoms with van der Waals surface area (Å²) in [6.07, 6.45) is 7.01. The third kappa shape index (κ3) is 4.34. The van der Waals surface area contributed by atoms with Gasteiger partial charge in [-0.05, 0) is 55.2 Å². The van der Waals surface area contributed by atoms with Gasteiger partial charge in [0.25, 0.3) is 0 Å². The minimum absolute atomic E-state index is 0.00257. The van der Waals surface area contributed by atoms with E-state index in [2.05, 4.69) is 16.7 Å². The van der Waals surface area contributed by atoms with Gasteiger partial charge in [-0.25, -0.2) is 0 Å². The zero-order chi connectivity index (χ0) is 23.9. The molecule has 7 nitrogen and oxygen atoms in total. The summed E-state index contributed by atoms with van der Waals surface area (Å²) in [7, 11) is 1.61. The molecule has 3 fully saturated rings. The van der Waals surface area contributed by atoms with Crippen LogP contribution in [0.1, 0.15) is 56.1 Å². The Balaban J connectivity index is 1.29. The van der Waals surface area contributed by atoms with E-state index in [4.69, 9.17) is 4.74 Å². The van der Waals surface area contributed by atoms with Crippen LogP contribution in [-0.4, -0.2) is 37.3 Å². The van der Waals surface area contributed by atoms with Gasteiger partial charge in [-0.2, -0.15) is 5.26 Å². The summed E-state index contributed by atoms with van der Waals surface area (Å²) in [5.41, 5.74) is 1.73. The van der Waals surface area contributed by atoms with Crippen molar-refractivity contribution in [3.63, 3.8) is 0 Å². The second-order valence-corrected chi connectivity index (χ2v) is 10.5. The molecule has 1 heterocycles. The van der Waals surface area contributed by atoms with Crippen molar-refractivity contribution in [2.45, 2.75) is 57.4 Å². The fourth-order valence-electron chi connectivity index (χ4n) is 5.90. The smallest absolute Gasteiger partial charge is 0.248 e. The molecule has 1 saturated heterocycles. The number of methoxy groups -OCH3 is 1. The zero-order valence-corrected chi connectivity index (χ0v) is 19.6. The third-order valence-electron chi connectivity index (χ3n) is 8.13. The number of carbonyl (C=O) groups is 3. The van der Waals surface area contributed by atoms with Crippen LogP contribution in [0.2, 0.25) is 0 Å².